The van der Waals surface area contributed by atoms with Gasteiger partial charge in [0, 0.05) is 23.2 Å². The fraction of sp³-hybridized carbons (Fsp3) is 0.200. The van der Waals surface area contributed by atoms with Crippen molar-refractivity contribution >= 4 is 32.4 Å². The van der Waals surface area contributed by atoms with Gasteiger partial charge in [0.2, 0.25) is 10.0 Å². The van der Waals surface area contributed by atoms with Crippen molar-refractivity contribution in [3.8, 4) is 0 Å². The number of aromatic nitrogens is 1. The molecule has 0 aliphatic rings. The average molecular weight is 404 g/mol. The largest absolute Gasteiger partial charge is 0.288 e. The first-order valence-corrected chi connectivity index (χ1v) is 10.3. The second kappa shape index (κ2) is 7.63. The van der Waals surface area contributed by atoms with E-state index in [9.17, 15) is 22.0 Å². The average Bonchev–Trinajstić information content (AvgIpc) is 2.62. The lowest BCUT2D eigenvalue weighted by molar-refractivity contribution is 0.103. The van der Waals surface area contributed by atoms with Gasteiger partial charge in [-0.15, -0.1) is 0 Å². The molecule has 5 nitrogen and oxygen atoms in total. The Bertz CT molecular complexity index is 1180. The van der Waals surface area contributed by atoms with Gasteiger partial charge in [-0.1, -0.05) is 6.92 Å². The molecule has 0 amide bonds. The highest BCUT2D eigenvalue weighted by Crippen LogP contribution is 2.25. The van der Waals surface area contributed by atoms with Gasteiger partial charge >= 0.3 is 0 Å². The Labute approximate surface area is 161 Å². The molecule has 1 aromatic heterocycles. The van der Waals surface area contributed by atoms with Crippen LogP contribution in [0.3, 0.4) is 0 Å². The Morgan fingerprint density at radius 2 is 1.89 bits per heavy atom. The van der Waals surface area contributed by atoms with Gasteiger partial charge in [-0.2, -0.15) is 0 Å². The molecule has 3 rings (SSSR count). The Kier molecular flexibility index (Phi) is 5.42. The molecule has 0 saturated heterocycles. The Hall–Kier alpha value is -2.87. The first-order chi connectivity index (χ1) is 13.2. The number of hydrogen-bond acceptors (Lipinski definition) is 4. The number of aryl methyl sites for hydroxylation is 1. The van der Waals surface area contributed by atoms with Gasteiger partial charge < -0.3 is 0 Å². The smallest absolute Gasteiger partial charge is 0.232 e. The molecule has 2 aromatic carbocycles. The summed E-state index contributed by atoms with van der Waals surface area (Å²) in [5, 5.41) is 0.687. The van der Waals surface area contributed by atoms with Crippen molar-refractivity contribution in [1.29, 1.82) is 0 Å². The minimum absolute atomic E-state index is 0.145. The summed E-state index contributed by atoms with van der Waals surface area (Å²) in [6.07, 6.45) is 1.99. The lowest BCUT2D eigenvalue weighted by Gasteiger charge is -2.11. The minimum Gasteiger partial charge on any atom is -0.288 e. The third kappa shape index (κ3) is 4.17. The highest BCUT2D eigenvalue weighted by Gasteiger charge is 2.21. The lowest BCUT2D eigenvalue weighted by Crippen LogP contribution is -2.18. The molecule has 3 aromatic rings. The maximum absolute atomic E-state index is 14.8. The summed E-state index contributed by atoms with van der Waals surface area (Å²) in [5.41, 5.74) is 0.563. The fourth-order valence-corrected chi connectivity index (χ4v) is 3.98. The summed E-state index contributed by atoms with van der Waals surface area (Å²) in [6.45, 7) is 3.49. The zero-order chi connectivity index (χ0) is 20.5. The van der Waals surface area contributed by atoms with Gasteiger partial charge in [0.25, 0.3) is 0 Å². The summed E-state index contributed by atoms with van der Waals surface area (Å²) in [6, 6.07) is 7.93. The molecule has 0 aliphatic carbocycles. The number of anilines is 1. The van der Waals surface area contributed by atoms with Crippen LogP contribution < -0.4 is 4.72 Å². The number of nitrogens with zero attached hydrogens (tertiary/aromatic N) is 1. The highest BCUT2D eigenvalue weighted by molar-refractivity contribution is 7.92. The second-order valence-electron chi connectivity index (χ2n) is 6.49. The number of carbonyl (C=O) groups is 1. The van der Waals surface area contributed by atoms with Gasteiger partial charge in [-0.25, -0.2) is 17.2 Å². The number of pyridine rings is 1. The van der Waals surface area contributed by atoms with Crippen LogP contribution in [0.25, 0.3) is 10.9 Å². The van der Waals surface area contributed by atoms with Crippen LogP contribution in [0.2, 0.25) is 0 Å². The van der Waals surface area contributed by atoms with Crippen molar-refractivity contribution in [2.45, 2.75) is 20.3 Å². The van der Waals surface area contributed by atoms with E-state index < -0.39 is 38.7 Å². The van der Waals surface area contributed by atoms with Crippen molar-refractivity contribution < 1.29 is 22.0 Å². The number of carbonyl (C=O) groups excluding carboxylic acids is 1. The third-order valence-electron chi connectivity index (χ3n) is 4.10. The molecule has 28 heavy (non-hydrogen) atoms. The molecule has 1 N–H and O–H groups in total. The van der Waals surface area contributed by atoms with Gasteiger partial charge in [0.05, 0.1) is 22.5 Å². The van der Waals surface area contributed by atoms with E-state index >= 15 is 0 Å². The fourth-order valence-electron chi connectivity index (χ4n) is 2.85. The van der Waals surface area contributed by atoms with Crippen LogP contribution >= 0.6 is 0 Å². The number of nitrogens with one attached hydrogen (secondary N) is 1. The predicted octanol–water partition coefficient (Wildman–Crippen LogP) is 4.20. The number of rotatable bonds is 6. The summed E-state index contributed by atoms with van der Waals surface area (Å²) in [7, 11) is -3.84. The van der Waals surface area contributed by atoms with Gasteiger partial charge in [-0.3, -0.25) is 14.5 Å². The van der Waals surface area contributed by atoms with Crippen LogP contribution in [0.5, 0.6) is 0 Å². The number of fused-ring (bicyclic) bond motifs is 1. The van der Waals surface area contributed by atoms with E-state index in [2.05, 4.69) is 4.98 Å². The number of sulfonamides is 1. The Morgan fingerprint density at radius 1 is 1.14 bits per heavy atom. The summed E-state index contributed by atoms with van der Waals surface area (Å²) >= 11 is 0. The predicted molar refractivity (Wildman–Crippen MR) is 104 cm³/mol. The van der Waals surface area contributed by atoms with Crippen molar-refractivity contribution in [2.75, 3.05) is 10.5 Å². The molecule has 0 fully saturated rings. The number of hydrogen-bond donors (Lipinski definition) is 1. The monoisotopic (exact) mass is 404 g/mol. The van der Waals surface area contributed by atoms with Crippen molar-refractivity contribution in [3.63, 3.8) is 0 Å². The summed E-state index contributed by atoms with van der Waals surface area (Å²) in [4.78, 5) is 17.0. The van der Waals surface area contributed by atoms with Crippen LogP contribution in [0, 0.1) is 18.6 Å². The summed E-state index contributed by atoms with van der Waals surface area (Å²) < 4.78 is 54.6. The van der Waals surface area contributed by atoms with Gasteiger partial charge in [-0.05, 0) is 49.2 Å². The van der Waals surface area contributed by atoms with Crippen molar-refractivity contribution in [3.05, 3.63) is 70.9 Å². The van der Waals surface area contributed by atoms with Crippen LogP contribution in [0.1, 0.15) is 34.8 Å². The maximum atomic E-state index is 14.8. The molecule has 0 aliphatic heterocycles. The van der Waals surface area contributed by atoms with Crippen molar-refractivity contribution in [1.82, 2.24) is 4.98 Å². The van der Waals surface area contributed by atoms with Crippen molar-refractivity contribution in [2.24, 2.45) is 0 Å². The number of benzene rings is 2. The molecule has 1 heterocycles. The van der Waals surface area contributed by atoms with E-state index in [-0.39, 0.29) is 11.3 Å². The SMILES string of the molecule is CCCS(=O)(=O)Nc1cc(F)cc(C(=O)c2ccc3ncc(C)cc3c2)c1F. The molecule has 0 unspecified atom stereocenters. The molecule has 0 saturated carbocycles. The zero-order valence-electron chi connectivity index (χ0n) is 15.3. The van der Waals surface area contributed by atoms with Crippen LogP contribution in [-0.2, 0) is 10.0 Å². The van der Waals surface area contributed by atoms with Crippen LogP contribution in [0.4, 0.5) is 14.5 Å². The lowest BCUT2D eigenvalue weighted by atomic mass is 10.00. The highest BCUT2D eigenvalue weighted by atomic mass is 32.2. The molecule has 0 radical (unpaired) electrons. The molecule has 8 heteroatoms. The second-order valence-corrected chi connectivity index (χ2v) is 8.33. The molecular formula is C20H18F2N2O3S. The van der Waals surface area contributed by atoms with E-state index in [0.717, 1.165) is 11.6 Å². The van der Waals surface area contributed by atoms with Gasteiger partial charge in [0.15, 0.2) is 11.6 Å². The molecule has 0 atom stereocenters. The van der Waals surface area contributed by atoms with E-state index in [0.29, 0.717) is 23.4 Å². The normalized spacial score (nSPS) is 11.6. The van der Waals surface area contributed by atoms with Gasteiger partial charge in [0.1, 0.15) is 5.82 Å². The molecule has 0 bridgehead atoms. The molecule has 0 spiro atoms. The first kappa shape index (κ1) is 19.9. The number of halogens is 2. The Morgan fingerprint density at radius 3 is 2.61 bits per heavy atom. The standard InChI is InChI=1S/C20H18F2N2O3S/c1-3-6-28(26,27)24-18-10-15(21)9-16(19(18)22)20(25)13-4-5-17-14(8-13)7-12(2)11-23-17/h4-5,7-11,24H,3,6H2,1-2H3. The number of ketones is 1. The van der Waals surface area contributed by atoms with E-state index in [1.807, 2.05) is 17.7 Å². The van der Waals surface area contributed by atoms with E-state index in [4.69, 9.17) is 0 Å². The van der Waals surface area contributed by atoms with Crippen LogP contribution in [0.15, 0.2) is 42.6 Å². The van der Waals surface area contributed by atoms with E-state index in [1.165, 1.54) is 6.07 Å². The maximum Gasteiger partial charge on any atom is 0.232 e. The molecular weight excluding hydrogens is 386 g/mol. The third-order valence-corrected chi connectivity index (χ3v) is 5.58. The Balaban J connectivity index is 2.04. The first-order valence-electron chi connectivity index (χ1n) is 8.61. The summed E-state index contributed by atoms with van der Waals surface area (Å²) in [5.74, 6) is -3.04. The minimum atomic E-state index is -3.84. The van der Waals surface area contributed by atoms with Crippen LogP contribution in [-0.4, -0.2) is 24.9 Å². The quantitative estimate of drug-likeness (QED) is 0.625. The topological polar surface area (TPSA) is 76.1 Å². The molecule has 146 valence electrons. The zero-order valence-corrected chi connectivity index (χ0v) is 16.1. The van der Waals surface area contributed by atoms with E-state index in [1.54, 1.807) is 25.3 Å².